The molecule has 1 heterocycles. The second kappa shape index (κ2) is 2.13. The van der Waals surface area contributed by atoms with Crippen LogP contribution in [-0.2, 0) is 7.05 Å². The Bertz CT molecular complexity index is 308. The molecule has 0 saturated heterocycles. The molecule has 0 spiro atoms. The Kier molecular flexibility index (Phi) is 1.45. The van der Waals surface area contributed by atoms with Crippen LogP contribution in [0.5, 0.6) is 0 Å². The summed E-state index contributed by atoms with van der Waals surface area (Å²) in [4.78, 5) is 21.5. The number of aromatic nitrogens is 2. The van der Waals surface area contributed by atoms with Crippen LogP contribution in [0, 0.1) is 0 Å². The highest BCUT2D eigenvalue weighted by atomic mass is 16.2. The maximum absolute atomic E-state index is 10.8. The highest BCUT2D eigenvalue weighted by Gasteiger charge is 2.02. The first kappa shape index (κ1) is 6.80. The molecule has 0 aliphatic heterocycles. The summed E-state index contributed by atoms with van der Waals surface area (Å²) in [5, 5.41) is 0. The summed E-state index contributed by atoms with van der Waals surface area (Å²) in [5.41, 5.74) is -0.282. The molecule has 4 nitrogen and oxygen atoms in total. The first-order valence-corrected chi connectivity index (χ1v) is 2.88. The Balaban J connectivity index is 3.37. The number of hydrogen-bond donors (Lipinski definition) is 0. The van der Waals surface area contributed by atoms with Gasteiger partial charge in [-0.15, -0.1) is 0 Å². The number of nitrogens with zero attached hydrogens (tertiary/aromatic N) is 2. The lowest BCUT2D eigenvalue weighted by atomic mass is 10.7. The van der Waals surface area contributed by atoms with Crippen molar-refractivity contribution in [2.45, 2.75) is 6.92 Å². The van der Waals surface area contributed by atoms with E-state index in [1.807, 2.05) is 0 Å². The highest BCUT2D eigenvalue weighted by Crippen LogP contribution is 1.80. The van der Waals surface area contributed by atoms with E-state index in [2.05, 4.69) is 0 Å². The fourth-order valence-corrected chi connectivity index (χ4v) is 0.842. The van der Waals surface area contributed by atoms with Crippen molar-refractivity contribution in [1.82, 2.24) is 9.36 Å². The molecule has 0 unspecified atom stereocenters. The quantitative estimate of drug-likeness (QED) is 0.503. The lowest BCUT2D eigenvalue weighted by molar-refractivity contribution is 0.0903. The van der Waals surface area contributed by atoms with Gasteiger partial charge in [0, 0.05) is 26.2 Å². The van der Waals surface area contributed by atoms with Crippen molar-refractivity contribution in [3.63, 3.8) is 0 Å². The van der Waals surface area contributed by atoms with Crippen molar-refractivity contribution < 1.29 is 4.79 Å². The molecule has 1 rings (SSSR count). The topological polar surface area (TPSA) is 44.0 Å². The average Bonchev–Trinajstić information content (AvgIpc) is 2.11. The number of carbonyl (C=O) groups is 1. The molecule has 54 valence electrons. The molecule has 1 aromatic heterocycles. The fourth-order valence-electron chi connectivity index (χ4n) is 0.842. The van der Waals surface area contributed by atoms with Crippen LogP contribution in [0.15, 0.2) is 17.1 Å². The maximum atomic E-state index is 10.8. The molecule has 0 bridgehead atoms. The standard InChI is InChI=1S/C6H8N2O2/c1-5(9)8-6(10)3-4-7(8)2/h3-4H,1-2H3. The first-order chi connectivity index (χ1) is 4.63. The zero-order chi connectivity index (χ0) is 7.72. The normalized spacial score (nSPS) is 9.80. The van der Waals surface area contributed by atoms with Crippen molar-refractivity contribution >= 4 is 5.91 Å². The maximum Gasteiger partial charge on any atom is 0.273 e. The van der Waals surface area contributed by atoms with Crippen molar-refractivity contribution in [3.05, 3.63) is 22.6 Å². The van der Waals surface area contributed by atoms with Crippen LogP contribution in [-0.4, -0.2) is 15.3 Å². The van der Waals surface area contributed by atoms with E-state index < -0.39 is 0 Å². The lowest BCUT2D eigenvalue weighted by Crippen LogP contribution is -2.25. The van der Waals surface area contributed by atoms with Gasteiger partial charge in [0.05, 0.1) is 0 Å². The third-order valence-corrected chi connectivity index (χ3v) is 1.26. The summed E-state index contributed by atoms with van der Waals surface area (Å²) in [7, 11) is 1.64. The molecule has 0 atom stereocenters. The minimum atomic E-state index is -0.282. The van der Waals surface area contributed by atoms with Gasteiger partial charge in [-0.1, -0.05) is 0 Å². The van der Waals surface area contributed by atoms with E-state index in [0.717, 1.165) is 4.68 Å². The van der Waals surface area contributed by atoms with E-state index in [-0.39, 0.29) is 11.5 Å². The summed E-state index contributed by atoms with van der Waals surface area (Å²) < 4.78 is 2.50. The SMILES string of the molecule is CC(=O)n1c(=O)ccn1C. The number of rotatable bonds is 0. The predicted octanol–water partition coefficient (Wildman–Crippen LogP) is -0.153. The van der Waals surface area contributed by atoms with Crippen molar-refractivity contribution in [2.24, 2.45) is 7.05 Å². The fraction of sp³-hybridized carbons (Fsp3) is 0.333. The summed E-state index contributed by atoms with van der Waals surface area (Å²) in [6.07, 6.45) is 1.55. The van der Waals surface area contributed by atoms with Gasteiger partial charge < -0.3 is 0 Å². The summed E-state index contributed by atoms with van der Waals surface area (Å²) in [6, 6.07) is 1.35. The molecule has 0 aliphatic rings. The molecule has 0 aromatic carbocycles. The minimum Gasteiger partial charge on any atom is -0.286 e. The first-order valence-electron chi connectivity index (χ1n) is 2.88. The molecule has 0 radical (unpaired) electrons. The minimum absolute atomic E-state index is 0.266. The molecule has 1 aromatic rings. The van der Waals surface area contributed by atoms with Gasteiger partial charge in [0.15, 0.2) is 0 Å². The Morgan fingerprint density at radius 1 is 1.60 bits per heavy atom. The monoisotopic (exact) mass is 140 g/mol. The molecule has 0 fully saturated rings. The second-order valence-corrected chi connectivity index (χ2v) is 2.06. The van der Waals surface area contributed by atoms with Crippen molar-refractivity contribution in [1.29, 1.82) is 0 Å². The van der Waals surface area contributed by atoms with Gasteiger partial charge in [-0.2, -0.15) is 4.68 Å². The lowest BCUT2D eigenvalue weighted by Gasteiger charge is -1.98. The Morgan fingerprint density at radius 2 is 2.20 bits per heavy atom. The third-order valence-electron chi connectivity index (χ3n) is 1.26. The van der Waals surface area contributed by atoms with E-state index >= 15 is 0 Å². The smallest absolute Gasteiger partial charge is 0.273 e. The Hall–Kier alpha value is -1.32. The summed E-state index contributed by atoms with van der Waals surface area (Å²) in [5.74, 6) is -0.266. The largest absolute Gasteiger partial charge is 0.286 e. The molecule has 0 saturated carbocycles. The number of carbonyl (C=O) groups excluding carboxylic acids is 1. The summed E-state index contributed by atoms with van der Waals surface area (Å²) >= 11 is 0. The van der Waals surface area contributed by atoms with E-state index in [4.69, 9.17) is 0 Å². The van der Waals surface area contributed by atoms with Crippen LogP contribution in [0.2, 0.25) is 0 Å². The van der Waals surface area contributed by atoms with Crippen molar-refractivity contribution in [3.8, 4) is 0 Å². The third kappa shape index (κ3) is 0.877. The average molecular weight is 140 g/mol. The highest BCUT2D eigenvalue weighted by molar-refractivity contribution is 5.74. The van der Waals surface area contributed by atoms with Gasteiger partial charge in [0.25, 0.3) is 5.56 Å². The van der Waals surface area contributed by atoms with Gasteiger partial charge in [0.1, 0.15) is 0 Å². The second-order valence-electron chi connectivity index (χ2n) is 2.06. The molecule has 10 heavy (non-hydrogen) atoms. The van der Waals surface area contributed by atoms with Crippen LogP contribution < -0.4 is 5.56 Å². The predicted molar refractivity (Wildman–Crippen MR) is 36.0 cm³/mol. The molecule has 0 amide bonds. The summed E-state index contributed by atoms with van der Waals surface area (Å²) in [6.45, 7) is 1.35. The molecule has 4 heteroatoms. The number of aryl methyl sites for hydroxylation is 1. The van der Waals surface area contributed by atoms with Crippen LogP contribution in [0.1, 0.15) is 11.7 Å². The van der Waals surface area contributed by atoms with E-state index in [1.165, 1.54) is 17.7 Å². The van der Waals surface area contributed by atoms with Crippen LogP contribution in [0.3, 0.4) is 0 Å². The van der Waals surface area contributed by atoms with Gasteiger partial charge in [-0.05, 0) is 0 Å². The molecular formula is C6H8N2O2. The van der Waals surface area contributed by atoms with Crippen LogP contribution in [0.4, 0.5) is 0 Å². The van der Waals surface area contributed by atoms with Gasteiger partial charge in [0.2, 0.25) is 5.91 Å². The zero-order valence-electron chi connectivity index (χ0n) is 5.87. The van der Waals surface area contributed by atoms with Crippen molar-refractivity contribution in [2.75, 3.05) is 0 Å². The molecule has 0 aliphatic carbocycles. The van der Waals surface area contributed by atoms with E-state index in [9.17, 15) is 9.59 Å². The zero-order valence-corrected chi connectivity index (χ0v) is 5.87. The van der Waals surface area contributed by atoms with Gasteiger partial charge in [-0.25, -0.2) is 0 Å². The van der Waals surface area contributed by atoms with E-state index in [1.54, 1.807) is 13.2 Å². The Morgan fingerprint density at radius 3 is 2.40 bits per heavy atom. The van der Waals surface area contributed by atoms with Gasteiger partial charge in [-0.3, -0.25) is 14.3 Å². The molecular weight excluding hydrogens is 132 g/mol. The molecule has 0 N–H and O–H groups in total. The Labute approximate surface area is 57.7 Å². The van der Waals surface area contributed by atoms with Crippen LogP contribution in [0.25, 0.3) is 0 Å². The number of hydrogen-bond acceptors (Lipinski definition) is 2. The van der Waals surface area contributed by atoms with E-state index in [0.29, 0.717) is 0 Å². The van der Waals surface area contributed by atoms with Gasteiger partial charge >= 0.3 is 0 Å². The van der Waals surface area contributed by atoms with Crippen LogP contribution >= 0.6 is 0 Å².